The average molecular weight is 219 g/mol. The predicted octanol–water partition coefficient (Wildman–Crippen LogP) is 3.38. The van der Waals surface area contributed by atoms with Crippen LogP contribution in [-0.4, -0.2) is 0 Å². The molecule has 5 heteroatoms. The fourth-order valence-corrected chi connectivity index (χ4v) is 1.38. The quantitative estimate of drug-likeness (QED) is 0.568. The van der Waals surface area contributed by atoms with Gasteiger partial charge in [0.1, 0.15) is 5.82 Å². The van der Waals surface area contributed by atoms with Crippen LogP contribution in [-0.2, 0) is 6.18 Å². The maximum Gasteiger partial charge on any atom is 0.417 e. The van der Waals surface area contributed by atoms with E-state index in [1.807, 2.05) is 0 Å². The van der Waals surface area contributed by atoms with Crippen LogP contribution in [0.3, 0.4) is 0 Å². The second-order valence-corrected chi connectivity index (χ2v) is 3.07. The Morgan fingerprint density at radius 2 is 1.93 bits per heavy atom. The molecule has 15 heavy (non-hydrogen) atoms. The zero-order valence-electron chi connectivity index (χ0n) is 7.95. The first-order valence-electron chi connectivity index (χ1n) is 4.07. The van der Waals surface area contributed by atoms with Gasteiger partial charge in [0.25, 0.3) is 0 Å². The van der Waals surface area contributed by atoms with Crippen molar-refractivity contribution in [2.75, 3.05) is 5.73 Å². The standard InChI is InChI=1S/C10H9F4N/c1-3-6-4-7(15)9(11)5(2)8(6)10(12,13)14/h3-4H,1,15H2,2H3. The van der Waals surface area contributed by atoms with Crippen molar-refractivity contribution in [3.8, 4) is 0 Å². The van der Waals surface area contributed by atoms with Crippen LogP contribution in [0.25, 0.3) is 6.08 Å². The van der Waals surface area contributed by atoms with E-state index >= 15 is 0 Å². The highest BCUT2D eigenvalue weighted by molar-refractivity contribution is 5.62. The third-order valence-electron chi connectivity index (χ3n) is 2.06. The molecule has 1 nitrogen and oxygen atoms in total. The summed E-state index contributed by atoms with van der Waals surface area (Å²) in [4.78, 5) is 0. The Morgan fingerprint density at radius 3 is 2.33 bits per heavy atom. The van der Waals surface area contributed by atoms with E-state index in [9.17, 15) is 17.6 Å². The highest BCUT2D eigenvalue weighted by Crippen LogP contribution is 2.37. The molecule has 0 saturated carbocycles. The van der Waals surface area contributed by atoms with Crippen molar-refractivity contribution < 1.29 is 17.6 Å². The lowest BCUT2D eigenvalue weighted by molar-refractivity contribution is -0.138. The van der Waals surface area contributed by atoms with Crippen molar-refractivity contribution in [2.45, 2.75) is 13.1 Å². The van der Waals surface area contributed by atoms with Gasteiger partial charge in [0.15, 0.2) is 0 Å². The summed E-state index contributed by atoms with van der Waals surface area (Å²) in [6.07, 6.45) is -3.60. The van der Waals surface area contributed by atoms with Crippen LogP contribution in [0.15, 0.2) is 12.6 Å². The summed E-state index contributed by atoms with van der Waals surface area (Å²) in [5, 5.41) is 0. The van der Waals surface area contributed by atoms with E-state index < -0.39 is 23.1 Å². The maximum atomic E-state index is 13.2. The first kappa shape index (κ1) is 11.6. The van der Waals surface area contributed by atoms with Gasteiger partial charge in [-0.25, -0.2) is 4.39 Å². The van der Waals surface area contributed by atoms with Crippen LogP contribution >= 0.6 is 0 Å². The molecule has 0 aliphatic heterocycles. The Labute approximate surface area is 84.2 Å². The summed E-state index contributed by atoms with van der Waals surface area (Å²) >= 11 is 0. The molecule has 1 aromatic rings. The molecule has 0 aliphatic carbocycles. The number of anilines is 1. The predicted molar refractivity (Wildman–Crippen MR) is 50.6 cm³/mol. The first-order chi connectivity index (χ1) is 6.79. The van der Waals surface area contributed by atoms with Gasteiger partial charge < -0.3 is 5.73 Å². The SMILES string of the molecule is C=Cc1cc(N)c(F)c(C)c1C(F)(F)F. The Hall–Kier alpha value is -1.52. The Morgan fingerprint density at radius 1 is 1.40 bits per heavy atom. The first-order valence-corrected chi connectivity index (χ1v) is 4.07. The Kier molecular flexibility index (Phi) is 2.75. The monoisotopic (exact) mass is 219 g/mol. The lowest BCUT2D eigenvalue weighted by Crippen LogP contribution is -2.12. The van der Waals surface area contributed by atoms with Gasteiger partial charge in [0.2, 0.25) is 0 Å². The van der Waals surface area contributed by atoms with Gasteiger partial charge in [0.05, 0.1) is 11.3 Å². The molecule has 1 aromatic carbocycles. The third-order valence-corrected chi connectivity index (χ3v) is 2.06. The molecule has 0 spiro atoms. The van der Waals surface area contributed by atoms with E-state index in [4.69, 9.17) is 5.73 Å². The van der Waals surface area contributed by atoms with Crippen LogP contribution in [0.5, 0.6) is 0 Å². The minimum atomic E-state index is -4.61. The topological polar surface area (TPSA) is 26.0 Å². The summed E-state index contributed by atoms with van der Waals surface area (Å²) in [6, 6.07) is 0.929. The molecule has 2 N–H and O–H groups in total. The van der Waals surface area contributed by atoms with E-state index in [0.717, 1.165) is 19.1 Å². The number of benzene rings is 1. The highest BCUT2D eigenvalue weighted by atomic mass is 19.4. The minimum absolute atomic E-state index is 0.209. The second kappa shape index (κ2) is 3.56. The van der Waals surface area contributed by atoms with E-state index in [2.05, 4.69) is 6.58 Å². The van der Waals surface area contributed by atoms with Crippen molar-refractivity contribution in [3.63, 3.8) is 0 Å². The summed E-state index contributed by atoms with van der Waals surface area (Å²) in [5.74, 6) is -1.03. The molecule has 82 valence electrons. The number of halogens is 4. The summed E-state index contributed by atoms with van der Waals surface area (Å²) in [5.41, 5.74) is 3.17. The van der Waals surface area contributed by atoms with Crippen LogP contribution in [0.2, 0.25) is 0 Å². The molecule has 0 amide bonds. The Balaban J connectivity index is 3.62. The van der Waals surface area contributed by atoms with Gasteiger partial charge in [-0.1, -0.05) is 12.7 Å². The number of hydrogen-bond acceptors (Lipinski definition) is 1. The summed E-state index contributed by atoms with van der Waals surface area (Å²) < 4.78 is 50.8. The lowest BCUT2D eigenvalue weighted by Gasteiger charge is -2.15. The third kappa shape index (κ3) is 1.95. The number of nitrogens with two attached hydrogens (primary N) is 1. The van der Waals surface area contributed by atoms with Crippen LogP contribution in [0, 0.1) is 12.7 Å². The molecule has 1 rings (SSSR count). The molecule has 0 atom stereocenters. The van der Waals surface area contributed by atoms with Gasteiger partial charge in [-0.15, -0.1) is 0 Å². The van der Waals surface area contributed by atoms with Crippen molar-refractivity contribution in [3.05, 3.63) is 35.2 Å². The average Bonchev–Trinajstić information content (AvgIpc) is 2.11. The molecule has 0 bridgehead atoms. The molecule has 0 fully saturated rings. The van der Waals surface area contributed by atoms with E-state index in [-0.39, 0.29) is 11.3 Å². The minimum Gasteiger partial charge on any atom is -0.396 e. The van der Waals surface area contributed by atoms with Crippen molar-refractivity contribution in [2.24, 2.45) is 0 Å². The second-order valence-electron chi connectivity index (χ2n) is 3.07. The van der Waals surface area contributed by atoms with E-state index in [0.29, 0.717) is 0 Å². The molecule has 0 aromatic heterocycles. The molecule has 0 radical (unpaired) electrons. The number of alkyl halides is 3. The van der Waals surface area contributed by atoms with Gasteiger partial charge in [-0.3, -0.25) is 0 Å². The van der Waals surface area contributed by atoms with Crippen LogP contribution in [0.1, 0.15) is 16.7 Å². The van der Waals surface area contributed by atoms with Crippen LogP contribution < -0.4 is 5.73 Å². The molecule has 0 heterocycles. The van der Waals surface area contributed by atoms with Crippen molar-refractivity contribution in [1.29, 1.82) is 0 Å². The number of nitrogen functional groups attached to an aromatic ring is 1. The normalized spacial score (nSPS) is 11.5. The zero-order chi connectivity index (χ0) is 11.8. The zero-order valence-corrected chi connectivity index (χ0v) is 7.95. The Bertz CT molecular complexity index is 407. The molecule has 0 aliphatic rings. The van der Waals surface area contributed by atoms with Gasteiger partial charge >= 0.3 is 6.18 Å². The van der Waals surface area contributed by atoms with Gasteiger partial charge in [-0.05, 0) is 24.1 Å². The number of rotatable bonds is 1. The summed E-state index contributed by atoms with van der Waals surface area (Å²) in [6.45, 7) is 4.28. The fourth-order valence-electron chi connectivity index (χ4n) is 1.38. The molecule has 0 saturated heterocycles. The maximum absolute atomic E-state index is 13.2. The van der Waals surface area contributed by atoms with Crippen LogP contribution in [0.4, 0.5) is 23.2 Å². The van der Waals surface area contributed by atoms with Gasteiger partial charge in [0, 0.05) is 0 Å². The van der Waals surface area contributed by atoms with E-state index in [1.54, 1.807) is 0 Å². The number of hydrogen-bond donors (Lipinski definition) is 1. The van der Waals surface area contributed by atoms with E-state index in [1.165, 1.54) is 0 Å². The largest absolute Gasteiger partial charge is 0.417 e. The van der Waals surface area contributed by atoms with Crippen molar-refractivity contribution in [1.82, 2.24) is 0 Å². The van der Waals surface area contributed by atoms with Gasteiger partial charge in [-0.2, -0.15) is 13.2 Å². The lowest BCUT2D eigenvalue weighted by atomic mass is 9.99. The summed E-state index contributed by atoms with van der Waals surface area (Å²) in [7, 11) is 0. The smallest absolute Gasteiger partial charge is 0.396 e. The molecular weight excluding hydrogens is 210 g/mol. The fraction of sp³-hybridized carbons (Fsp3) is 0.200. The van der Waals surface area contributed by atoms with Crippen molar-refractivity contribution >= 4 is 11.8 Å². The molecular formula is C10H9F4N. The molecule has 0 unspecified atom stereocenters. The highest BCUT2D eigenvalue weighted by Gasteiger charge is 2.36.